The van der Waals surface area contributed by atoms with E-state index in [-0.39, 0.29) is 11.3 Å². The second-order valence-electron chi connectivity index (χ2n) is 2.99. The molecule has 0 fully saturated rings. The third kappa shape index (κ3) is 3.23. The van der Waals surface area contributed by atoms with Gasteiger partial charge in [-0.25, -0.2) is 9.78 Å². The molecule has 0 saturated carbocycles. The number of halogens is 3. The fourth-order valence-electron chi connectivity index (χ4n) is 1.07. The summed E-state index contributed by atoms with van der Waals surface area (Å²) >= 11 is 0. The summed E-state index contributed by atoms with van der Waals surface area (Å²) in [5, 5.41) is 9.23. The number of ether oxygens (including phenoxy) is 2. The number of pyridine rings is 1. The molecule has 1 N–H and O–H groups in total. The lowest BCUT2D eigenvalue weighted by Crippen LogP contribution is -2.18. The van der Waals surface area contributed by atoms with Crippen LogP contribution in [0.1, 0.15) is 16.1 Å². The lowest BCUT2D eigenvalue weighted by molar-refractivity contribution is -0.276. The van der Waals surface area contributed by atoms with E-state index in [0.29, 0.717) is 0 Å². The zero-order chi connectivity index (χ0) is 13.2. The first-order chi connectivity index (χ1) is 7.74. The molecule has 0 radical (unpaired) electrons. The Morgan fingerprint density at radius 3 is 2.53 bits per heavy atom. The van der Waals surface area contributed by atoms with Crippen LogP contribution in [0, 0.1) is 6.92 Å². The number of carbonyl (C=O) groups excluding carboxylic acids is 1. The predicted octanol–water partition coefficient (Wildman–Crippen LogP) is 1.78. The van der Waals surface area contributed by atoms with Crippen molar-refractivity contribution in [3.05, 3.63) is 17.3 Å². The van der Waals surface area contributed by atoms with Crippen LogP contribution in [0.2, 0.25) is 0 Å². The molecule has 0 aliphatic carbocycles. The van der Waals surface area contributed by atoms with Gasteiger partial charge >= 0.3 is 12.3 Å². The van der Waals surface area contributed by atoms with Gasteiger partial charge in [0.05, 0.1) is 18.4 Å². The number of rotatable bonds is 2. The molecule has 0 atom stereocenters. The van der Waals surface area contributed by atoms with E-state index in [9.17, 15) is 23.1 Å². The van der Waals surface area contributed by atoms with Gasteiger partial charge in [0, 0.05) is 6.07 Å². The predicted molar refractivity (Wildman–Crippen MR) is 48.7 cm³/mol. The van der Waals surface area contributed by atoms with E-state index >= 15 is 0 Å². The molecule has 1 aromatic heterocycles. The molecular formula is C9H8F3NO4. The molecule has 1 rings (SSSR count). The highest BCUT2D eigenvalue weighted by molar-refractivity contribution is 5.91. The number of methoxy groups -OCH3 is 1. The summed E-state index contributed by atoms with van der Waals surface area (Å²) in [6.07, 6.45) is -4.97. The minimum atomic E-state index is -4.97. The quantitative estimate of drug-likeness (QED) is 0.811. The Hall–Kier alpha value is -1.99. The third-order valence-electron chi connectivity index (χ3n) is 1.78. The summed E-state index contributed by atoms with van der Waals surface area (Å²) in [5.74, 6) is -2.72. The zero-order valence-corrected chi connectivity index (χ0v) is 8.83. The van der Waals surface area contributed by atoms with Crippen LogP contribution in [0.15, 0.2) is 6.07 Å². The van der Waals surface area contributed by atoms with Gasteiger partial charge in [-0.2, -0.15) is 0 Å². The van der Waals surface area contributed by atoms with Gasteiger partial charge in [0.15, 0.2) is 5.75 Å². The van der Waals surface area contributed by atoms with Crippen molar-refractivity contribution in [2.24, 2.45) is 0 Å². The van der Waals surface area contributed by atoms with Crippen LogP contribution in [0.4, 0.5) is 13.2 Å². The van der Waals surface area contributed by atoms with Crippen LogP contribution in [0.25, 0.3) is 0 Å². The lowest BCUT2D eigenvalue weighted by Gasteiger charge is -2.11. The van der Waals surface area contributed by atoms with E-state index in [1.165, 1.54) is 6.92 Å². The molecule has 0 bridgehead atoms. The van der Waals surface area contributed by atoms with Crippen molar-refractivity contribution < 1.29 is 32.5 Å². The Bertz CT molecular complexity index is 445. The normalized spacial score (nSPS) is 11.1. The van der Waals surface area contributed by atoms with Gasteiger partial charge in [0.2, 0.25) is 0 Å². The van der Waals surface area contributed by atoms with Crippen molar-refractivity contribution in [1.82, 2.24) is 4.98 Å². The van der Waals surface area contributed by atoms with Crippen LogP contribution < -0.4 is 4.74 Å². The van der Waals surface area contributed by atoms with Gasteiger partial charge in [0.25, 0.3) is 5.88 Å². The number of hydrogen-bond acceptors (Lipinski definition) is 5. The molecule has 0 saturated heterocycles. The molecule has 0 amide bonds. The summed E-state index contributed by atoms with van der Waals surface area (Å²) in [6, 6.07) is 0.801. The monoisotopic (exact) mass is 251 g/mol. The highest BCUT2D eigenvalue weighted by atomic mass is 19.4. The summed E-state index contributed by atoms with van der Waals surface area (Å²) < 4.78 is 43.6. The molecule has 0 aliphatic heterocycles. The average Bonchev–Trinajstić information content (AvgIpc) is 2.20. The average molecular weight is 251 g/mol. The Kier molecular flexibility index (Phi) is 3.45. The first-order valence-corrected chi connectivity index (χ1v) is 4.29. The second-order valence-corrected chi connectivity index (χ2v) is 2.99. The molecule has 1 aromatic rings. The number of aromatic hydroxyl groups is 1. The maximum atomic E-state index is 11.9. The smallest absolute Gasteiger partial charge is 0.503 e. The topological polar surface area (TPSA) is 68.7 Å². The number of aromatic nitrogens is 1. The van der Waals surface area contributed by atoms with E-state index in [1.807, 2.05) is 0 Å². The maximum absolute atomic E-state index is 11.9. The van der Waals surface area contributed by atoms with E-state index in [1.54, 1.807) is 0 Å². The summed E-state index contributed by atoms with van der Waals surface area (Å²) in [5.41, 5.74) is -0.187. The number of esters is 1. The van der Waals surface area contributed by atoms with E-state index in [0.717, 1.165) is 13.2 Å². The SMILES string of the molecule is COC(=O)c1cc(O)c(OC(F)(F)F)nc1C. The van der Waals surface area contributed by atoms with Crippen molar-refractivity contribution in [3.8, 4) is 11.6 Å². The molecule has 0 aromatic carbocycles. The fourth-order valence-corrected chi connectivity index (χ4v) is 1.07. The Morgan fingerprint density at radius 2 is 2.06 bits per heavy atom. The minimum Gasteiger partial charge on any atom is -0.503 e. The van der Waals surface area contributed by atoms with Crippen molar-refractivity contribution >= 4 is 5.97 Å². The van der Waals surface area contributed by atoms with Crippen LogP contribution in [0.5, 0.6) is 11.6 Å². The van der Waals surface area contributed by atoms with E-state index < -0.39 is 24.0 Å². The zero-order valence-electron chi connectivity index (χ0n) is 8.83. The van der Waals surface area contributed by atoms with Gasteiger partial charge < -0.3 is 14.6 Å². The van der Waals surface area contributed by atoms with Gasteiger partial charge in [-0.1, -0.05) is 0 Å². The Balaban J connectivity index is 3.14. The second kappa shape index (κ2) is 4.48. The van der Waals surface area contributed by atoms with E-state index in [4.69, 9.17) is 0 Å². The molecule has 94 valence electrons. The van der Waals surface area contributed by atoms with E-state index in [2.05, 4.69) is 14.5 Å². The lowest BCUT2D eigenvalue weighted by atomic mass is 10.2. The van der Waals surface area contributed by atoms with Crippen molar-refractivity contribution in [2.75, 3.05) is 7.11 Å². The number of carbonyl (C=O) groups is 1. The summed E-state index contributed by atoms with van der Waals surface area (Å²) in [6.45, 7) is 1.29. The summed E-state index contributed by atoms with van der Waals surface area (Å²) in [7, 11) is 1.10. The first kappa shape index (κ1) is 13.1. The fraction of sp³-hybridized carbons (Fsp3) is 0.333. The number of hydrogen-bond donors (Lipinski definition) is 1. The standard InChI is InChI=1S/C9H8F3NO4/c1-4-5(8(15)16-2)3-6(14)7(13-4)17-9(10,11)12/h3,14H,1-2H3. The van der Waals surface area contributed by atoms with Crippen LogP contribution in [-0.2, 0) is 4.74 Å². The molecule has 5 nitrogen and oxygen atoms in total. The molecule has 1 heterocycles. The largest absolute Gasteiger partial charge is 0.574 e. The molecule has 0 unspecified atom stereocenters. The van der Waals surface area contributed by atoms with Gasteiger partial charge in [-0.05, 0) is 6.92 Å². The van der Waals surface area contributed by atoms with Crippen molar-refractivity contribution in [2.45, 2.75) is 13.3 Å². The van der Waals surface area contributed by atoms with Crippen LogP contribution in [0.3, 0.4) is 0 Å². The van der Waals surface area contributed by atoms with Gasteiger partial charge in [-0.3, -0.25) is 0 Å². The molecular weight excluding hydrogens is 243 g/mol. The summed E-state index contributed by atoms with van der Waals surface area (Å²) in [4.78, 5) is 14.5. The van der Waals surface area contributed by atoms with Crippen molar-refractivity contribution in [3.63, 3.8) is 0 Å². The van der Waals surface area contributed by atoms with Crippen molar-refractivity contribution in [1.29, 1.82) is 0 Å². The third-order valence-corrected chi connectivity index (χ3v) is 1.78. The molecule has 17 heavy (non-hydrogen) atoms. The molecule has 8 heteroatoms. The number of nitrogens with zero attached hydrogens (tertiary/aromatic N) is 1. The van der Waals surface area contributed by atoms with Gasteiger partial charge in [-0.15, -0.1) is 13.2 Å². The number of alkyl halides is 3. The van der Waals surface area contributed by atoms with Crippen LogP contribution in [-0.4, -0.2) is 29.5 Å². The minimum absolute atomic E-state index is 0.0473. The maximum Gasteiger partial charge on any atom is 0.574 e. The first-order valence-electron chi connectivity index (χ1n) is 4.29. The Morgan fingerprint density at radius 1 is 1.47 bits per heavy atom. The molecule has 0 spiro atoms. The van der Waals surface area contributed by atoms with Crippen LogP contribution >= 0.6 is 0 Å². The highest BCUT2D eigenvalue weighted by Gasteiger charge is 2.33. The number of aryl methyl sites for hydroxylation is 1. The van der Waals surface area contributed by atoms with Gasteiger partial charge in [0.1, 0.15) is 0 Å². The Labute approximate surface area is 93.8 Å². The highest BCUT2D eigenvalue weighted by Crippen LogP contribution is 2.31. The molecule has 0 aliphatic rings.